The molecule has 174 valence electrons. The van der Waals surface area contributed by atoms with Crippen molar-refractivity contribution in [1.29, 1.82) is 0 Å². The van der Waals surface area contributed by atoms with Gasteiger partial charge in [0.15, 0.2) is 0 Å². The molecule has 4 aliphatic carbocycles. The van der Waals surface area contributed by atoms with E-state index in [0.29, 0.717) is 16.7 Å². The Bertz CT molecular complexity index is 577. The number of hydrogen-bond donors (Lipinski definition) is 2. The number of hydrogen-bond acceptors (Lipinski definition) is 2. The van der Waals surface area contributed by atoms with Gasteiger partial charge >= 0.3 is 0 Å². The summed E-state index contributed by atoms with van der Waals surface area (Å²) in [4.78, 5) is 12.0. The second-order valence-electron chi connectivity index (χ2n) is 11.6. The van der Waals surface area contributed by atoms with E-state index in [1.807, 2.05) is 6.92 Å². The minimum Gasteiger partial charge on any atom is -0.400 e. The maximum Gasteiger partial charge on any atom is 0.219 e. The van der Waals surface area contributed by atoms with Crippen LogP contribution in [0.15, 0.2) is 0 Å². The fourth-order valence-corrected chi connectivity index (χ4v) is 9.12. The van der Waals surface area contributed by atoms with E-state index in [0.717, 1.165) is 56.1 Å². The molecule has 0 aromatic rings. The number of amides is 1. The summed E-state index contributed by atoms with van der Waals surface area (Å²) in [7, 11) is 1.00. The molecule has 0 aliphatic heterocycles. The SMILES string of the molecule is CCNC(=O)CCC(C)C1CCC2[C@@H]3CC[C@@H]4CCCC[C@]4(C)C3CC[C@]12C.CO. The van der Waals surface area contributed by atoms with E-state index >= 15 is 0 Å². The molecule has 0 spiro atoms. The first-order chi connectivity index (χ1) is 14.4. The maximum atomic E-state index is 12.0. The Morgan fingerprint density at radius 2 is 1.70 bits per heavy atom. The van der Waals surface area contributed by atoms with E-state index in [-0.39, 0.29) is 5.91 Å². The zero-order chi connectivity index (χ0) is 21.9. The highest BCUT2D eigenvalue weighted by atomic mass is 16.2. The summed E-state index contributed by atoms with van der Waals surface area (Å²) in [6, 6.07) is 0. The lowest BCUT2D eigenvalue weighted by molar-refractivity contribution is -0.122. The first-order valence-corrected chi connectivity index (χ1v) is 13.1. The Labute approximate surface area is 186 Å². The summed E-state index contributed by atoms with van der Waals surface area (Å²) in [5.41, 5.74) is 1.20. The Hall–Kier alpha value is -0.570. The van der Waals surface area contributed by atoms with Gasteiger partial charge < -0.3 is 10.4 Å². The van der Waals surface area contributed by atoms with Crippen molar-refractivity contribution >= 4 is 5.91 Å². The van der Waals surface area contributed by atoms with Crippen LogP contribution in [0.3, 0.4) is 0 Å². The minimum absolute atomic E-state index is 0.251. The van der Waals surface area contributed by atoms with E-state index in [1.165, 1.54) is 64.2 Å². The zero-order valence-corrected chi connectivity index (χ0v) is 20.5. The largest absolute Gasteiger partial charge is 0.400 e. The number of nitrogens with one attached hydrogen (secondary N) is 1. The summed E-state index contributed by atoms with van der Waals surface area (Å²) in [6.07, 6.45) is 16.7. The van der Waals surface area contributed by atoms with Crippen LogP contribution in [0, 0.1) is 46.3 Å². The third-order valence-corrected chi connectivity index (χ3v) is 10.5. The van der Waals surface area contributed by atoms with Crippen LogP contribution in [-0.2, 0) is 4.79 Å². The Morgan fingerprint density at radius 1 is 0.967 bits per heavy atom. The molecule has 0 bridgehead atoms. The quantitative estimate of drug-likeness (QED) is 0.557. The smallest absolute Gasteiger partial charge is 0.219 e. The normalized spacial score (nSPS) is 43.3. The number of aliphatic hydroxyl groups is 1. The van der Waals surface area contributed by atoms with Crippen LogP contribution in [0.2, 0.25) is 0 Å². The predicted molar refractivity (Wildman–Crippen MR) is 125 cm³/mol. The van der Waals surface area contributed by atoms with Gasteiger partial charge in [0, 0.05) is 20.1 Å². The molecule has 4 aliphatic rings. The molecule has 1 amide bonds. The first kappa shape index (κ1) is 24.1. The molecule has 0 radical (unpaired) electrons. The second kappa shape index (κ2) is 9.92. The lowest BCUT2D eigenvalue weighted by Gasteiger charge is -2.61. The highest BCUT2D eigenvalue weighted by Crippen LogP contribution is 2.68. The van der Waals surface area contributed by atoms with Crippen LogP contribution in [0.25, 0.3) is 0 Å². The lowest BCUT2D eigenvalue weighted by atomic mass is 9.44. The van der Waals surface area contributed by atoms with Crippen LogP contribution >= 0.6 is 0 Å². The van der Waals surface area contributed by atoms with E-state index in [4.69, 9.17) is 5.11 Å². The third-order valence-electron chi connectivity index (χ3n) is 10.5. The van der Waals surface area contributed by atoms with Gasteiger partial charge in [0.1, 0.15) is 0 Å². The molecule has 0 saturated heterocycles. The first-order valence-electron chi connectivity index (χ1n) is 13.1. The lowest BCUT2D eigenvalue weighted by Crippen LogP contribution is -2.53. The van der Waals surface area contributed by atoms with Gasteiger partial charge in [-0.15, -0.1) is 0 Å². The molecule has 4 unspecified atom stereocenters. The van der Waals surface area contributed by atoms with Gasteiger partial charge in [-0.3, -0.25) is 4.79 Å². The maximum absolute atomic E-state index is 12.0. The van der Waals surface area contributed by atoms with Crippen LogP contribution in [-0.4, -0.2) is 24.7 Å². The monoisotopic (exact) mass is 419 g/mol. The minimum atomic E-state index is 0.251. The summed E-state index contributed by atoms with van der Waals surface area (Å²) < 4.78 is 0. The summed E-state index contributed by atoms with van der Waals surface area (Å²) in [6.45, 7) is 10.6. The van der Waals surface area contributed by atoms with Crippen molar-refractivity contribution < 1.29 is 9.90 Å². The average Bonchev–Trinajstić information content (AvgIpc) is 3.10. The second-order valence-corrected chi connectivity index (χ2v) is 11.6. The molecule has 2 N–H and O–H groups in total. The highest BCUT2D eigenvalue weighted by molar-refractivity contribution is 5.75. The van der Waals surface area contributed by atoms with E-state index in [2.05, 4.69) is 26.1 Å². The van der Waals surface area contributed by atoms with Gasteiger partial charge in [0.2, 0.25) is 5.91 Å². The van der Waals surface area contributed by atoms with Crippen LogP contribution in [0.5, 0.6) is 0 Å². The van der Waals surface area contributed by atoms with Crippen molar-refractivity contribution in [1.82, 2.24) is 5.32 Å². The van der Waals surface area contributed by atoms with E-state index < -0.39 is 0 Å². The van der Waals surface area contributed by atoms with Crippen molar-refractivity contribution in [2.24, 2.45) is 46.3 Å². The van der Waals surface area contributed by atoms with E-state index in [1.54, 1.807) is 0 Å². The topological polar surface area (TPSA) is 49.3 Å². The molecule has 0 aromatic carbocycles. The predicted octanol–water partition coefficient (Wildman–Crippen LogP) is 6.20. The average molecular weight is 420 g/mol. The summed E-state index contributed by atoms with van der Waals surface area (Å²) in [5.74, 6) is 5.78. The molecular weight excluding hydrogens is 370 g/mol. The molecule has 8 atom stereocenters. The fourth-order valence-electron chi connectivity index (χ4n) is 9.12. The Balaban J connectivity index is 0.00000124. The van der Waals surface area contributed by atoms with Crippen molar-refractivity contribution in [2.45, 2.75) is 105 Å². The third kappa shape index (κ3) is 4.21. The molecular formula is C27H49NO2. The Morgan fingerprint density at radius 3 is 2.43 bits per heavy atom. The van der Waals surface area contributed by atoms with Crippen LogP contribution in [0.4, 0.5) is 0 Å². The highest BCUT2D eigenvalue weighted by Gasteiger charge is 2.60. The van der Waals surface area contributed by atoms with Crippen molar-refractivity contribution in [3.8, 4) is 0 Å². The molecule has 0 aromatic heterocycles. The Kier molecular flexibility index (Phi) is 7.96. The summed E-state index contributed by atoms with van der Waals surface area (Å²) >= 11 is 0. The molecule has 0 heterocycles. The number of aliphatic hydroxyl groups excluding tert-OH is 1. The van der Waals surface area contributed by atoms with Gasteiger partial charge in [-0.1, -0.05) is 33.6 Å². The molecule has 4 saturated carbocycles. The van der Waals surface area contributed by atoms with Gasteiger partial charge in [-0.05, 0) is 111 Å². The molecule has 4 fully saturated rings. The molecule has 4 rings (SSSR count). The van der Waals surface area contributed by atoms with Crippen molar-refractivity contribution in [2.75, 3.05) is 13.7 Å². The number of rotatable bonds is 5. The van der Waals surface area contributed by atoms with Crippen LogP contribution in [0.1, 0.15) is 105 Å². The van der Waals surface area contributed by atoms with Gasteiger partial charge in [-0.2, -0.15) is 0 Å². The molecule has 3 nitrogen and oxygen atoms in total. The number of fused-ring (bicyclic) bond motifs is 5. The van der Waals surface area contributed by atoms with Gasteiger partial charge in [0.05, 0.1) is 0 Å². The van der Waals surface area contributed by atoms with Crippen molar-refractivity contribution in [3.63, 3.8) is 0 Å². The number of carbonyl (C=O) groups is 1. The molecule has 30 heavy (non-hydrogen) atoms. The van der Waals surface area contributed by atoms with Crippen molar-refractivity contribution in [3.05, 3.63) is 0 Å². The zero-order valence-electron chi connectivity index (χ0n) is 20.5. The number of carbonyl (C=O) groups excluding carboxylic acids is 1. The standard InChI is InChI=1S/C26H45NO.CH4O/c1-5-27-24(28)14-9-18(2)21-12-13-22-20-11-10-19-8-6-7-16-25(19,3)23(20)15-17-26(21,22)4;1-2/h18-23H,5-17H2,1-4H3,(H,27,28);2H,1H3/t18?,19-,20-,21?,22?,23?,25-,26+;/m0./s1. The molecule has 3 heteroatoms. The van der Waals surface area contributed by atoms with Gasteiger partial charge in [0.25, 0.3) is 0 Å². The fraction of sp³-hybridized carbons (Fsp3) is 0.963. The summed E-state index contributed by atoms with van der Waals surface area (Å²) in [5, 5.41) is 9.99. The van der Waals surface area contributed by atoms with Gasteiger partial charge in [-0.25, -0.2) is 0 Å². The van der Waals surface area contributed by atoms with E-state index in [9.17, 15) is 4.79 Å². The van der Waals surface area contributed by atoms with Crippen LogP contribution < -0.4 is 5.32 Å².